The van der Waals surface area contributed by atoms with Crippen LogP contribution in [0.15, 0.2) is 146 Å². The SMILES string of the molecule is CCC(C)N(C)c1ccc(N(c2cc(C)ncn2)C(C)CC)cc1.CCc1ccc(Oc2ccc(C(C)(C)c3ccc(Oc4ccc(Cc5cc(C)ncn5)cc4)cc3)cc2)cc1. The van der Waals surface area contributed by atoms with E-state index in [0.29, 0.717) is 12.1 Å². The van der Waals surface area contributed by atoms with E-state index in [9.17, 15) is 0 Å². The molecule has 0 N–H and O–H groups in total. The minimum atomic E-state index is -0.166. The monoisotopic (exact) mass is 841 g/mol. The molecule has 7 aromatic rings. The summed E-state index contributed by atoms with van der Waals surface area (Å²) >= 11 is 0. The summed E-state index contributed by atoms with van der Waals surface area (Å²) in [6, 6.07) is 46.9. The maximum absolute atomic E-state index is 6.12. The molecule has 326 valence electrons. The quantitative estimate of drug-likeness (QED) is 0.0952. The molecule has 5 aromatic carbocycles. The molecule has 0 amide bonds. The van der Waals surface area contributed by atoms with Crippen molar-refractivity contribution >= 4 is 17.2 Å². The van der Waals surface area contributed by atoms with Crippen molar-refractivity contribution in [3.05, 3.63) is 185 Å². The van der Waals surface area contributed by atoms with Crippen molar-refractivity contribution in [2.45, 2.75) is 105 Å². The third-order valence-electron chi connectivity index (χ3n) is 12.0. The molecule has 0 saturated carbocycles. The Balaban J connectivity index is 0.000000236. The zero-order valence-corrected chi connectivity index (χ0v) is 38.8. The van der Waals surface area contributed by atoms with E-state index in [1.54, 1.807) is 12.7 Å². The average Bonchev–Trinajstić information content (AvgIpc) is 3.30. The summed E-state index contributed by atoms with van der Waals surface area (Å²) in [7, 11) is 2.16. The summed E-state index contributed by atoms with van der Waals surface area (Å²) in [4.78, 5) is 21.8. The van der Waals surface area contributed by atoms with Crippen LogP contribution in [0.1, 0.15) is 101 Å². The second-order valence-electron chi connectivity index (χ2n) is 16.9. The summed E-state index contributed by atoms with van der Waals surface area (Å²) in [5.41, 5.74) is 10.2. The topological polar surface area (TPSA) is 76.5 Å². The lowest BCUT2D eigenvalue weighted by Gasteiger charge is -2.31. The Bertz CT molecular complexity index is 2470. The van der Waals surface area contributed by atoms with Gasteiger partial charge in [-0.25, -0.2) is 19.9 Å². The molecule has 7 rings (SSSR count). The maximum Gasteiger partial charge on any atom is 0.136 e. The second kappa shape index (κ2) is 21.5. The predicted octanol–water partition coefficient (Wildman–Crippen LogP) is 13.8. The molecule has 2 aromatic heterocycles. The lowest BCUT2D eigenvalue weighted by molar-refractivity contribution is 0.481. The molecule has 63 heavy (non-hydrogen) atoms. The molecular formula is C55H64N6O2. The fourth-order valence-electron chi connectivity index (χ4n) is 7.35. The molecule has 0 aliphatic carbocycles. The first-order valence-electron chi connectivity index (χ1n) is 22.3. The van der Waals surface area contributed by atoms with Crippen molar-refractivity contribution in [3.63, 3.8) is 0 Å². The first kappa shape index (κ1) is 46.0. The van der Waals surface area contributed by atoms with E-state index in [1.807, 2.05) is 74.5 Å². The lowest BCUT2D eigenvalue weighted by atomic mass is 9.78. The van der Waals surface area contributed by atoms with Crippen molar-refractivity contribution in [2.75, 3.05) is 16.8 Å². The van der Waals surface area contributed by atoms with Crippen molar-refractivity contribution in [2.24, 2.45) is 0 Å². The molecular weight excluding hydrogens is 777 g/mol. The summed E-state index contributed by atoms with van der Waals surface area (Å²) in [5.74, 6) is 4.27. The van der Waals surface area contributed by atoms with Gasteiger partial charge in [-0.05, 0) is 148 Å². The highest BCUT2D eigenvalue weighted by molar-refractivity contribution is 5.64. The number of aromatic nitrogens is 4. The maximum atomic E-state index is 6.12. The molecule has 0 radical (unpaired) electrons. The number of anilines is 3. The van der Waals surface area contributed by atoms with Crippen molar-refractivity contribution in [1.82, 2.24) is 19.9 Å². The van der Waals surface area contributed by atoms with Crippen molar-refractivity contribution in [1.29, 1.82) is 0 Å². The zero-order chi connectivity index (χ0) is 44.9. The molecule has 8 nitrogen and oxygen atoms in total. The number of hydrogen-bond acceptors (Lipinski definition) is 8. The first-order valence-corrected chi connectivity index (χ1v) is 22.3. The van der Waals surface area contributed by atoms with E-state index in [1.165, 1.54) is 33.6 Å². The molecule has 0 spiro atoms. The van der Waals surface area contributed by atoms with Crippen LogP contribution in [0.2, 0.25) is 0 Å². The van der Waals surface area contributed by atoms with E-state index in [-0.39, 0.29) is 5.41 Å². The van der Waals surface area contributed by atoms with Crippen LogP contribution >= 0.6 is 0 Å². The summed E-state index contributed by atoms with van der Waals surface area (Å²) < 4.78 is 12.2. The van der Waals surface area contributed by atoms with Gasteiger partial charge in [-0.1, -0.05) is 83.1 Å². The molecule has 2 atom stereocenters. The van der Waals surface area contributed by atoms with Gasteiger partial charge in [0.25, 0.3) is 0 Å². The van der Waals surface area contributed by atoms with Gasteiger partial charge in [0.1, 0.15) is 41.5 Å². The van der Waals surface area contributed by atoms with Gasteiger partial charge in [0.15, 0.2) is 0 Å². The molecule has 0 saturated heterocycles. The number of aryl methyl sites for hydroxylation is 3. The van der Waals surface area contributed by atoms with Crippen LogP contribution in [0, 0.1) is 13.8 Å². The Morgan fingerprint density at radius 1 is 0.524 bits per heavy atom. The van der Waals surface area contributed by atoms with Crippen LogP contribution in [0.3, 0.4) is 0 Å². The van der Waals surface area contributed by atoms with Gasteiger partial charge in [0.05, 0.1) is 0 Å². The molecule has 2 unspecified atom stereocenters. The Morgan fingerprint density at radius 2 is 0.968 bits per heavy atom. The summed E-state index contributed by atoms with van der Waals surface area (Å²) in [6.07, 6.45) is 7.24. The van der Waals surface area contributed by atoms with Gasteiger partial charge in [0.2, 0.25) is 0 Å². The minimum absolute atomic E-state index is 0.166. The molecule has 2 heterocycles. The summed E-state index contributed by atoms with van der Waals surface area (Å²) in [6.45, 7) is 19.5. The number of rotatable bonds is 16. The third kappa shape index (κ3) is 12.3. The Hall–Kier alpha value is -6.54. The zero-order valence-electron chi connectivity index (χ0n) is 38.8. The van der Waals surface area contributed by atoms with Crippen molar-refractivity contribution < 1.29 is 9.47 Å². The minimum Gasteiger partial charge on any atom is -0.457 e. The predicted molar refractivity (Wildman–Crippen MR) is 260 cm³/mol. The first-order chi connectivity index (χ1) is 30.4. The highest BCUT2D eigenvalue weighted by atomic mass is 16.5. The van der Waals surface area contributed by atoms with Crippen LogP contribution in [-0.4, -0.2) is 39.1 Å². The normalized spacial score (nSPS) is 12.1. The number of hydrogen-bond donors (Lipinski definition) is 0. The highest BCUT2D eigenvalue weighted by Gasteiger charge is 2.23. The van der Waals surface area contributed by atoms with Crippen LogP contribution in [0.5, 0.6) is 23.0 Å². The van der Waals surface area contributed by atoms with E-state index in [2.05, 4.69) is 158 Å². The van der Waals surface area contributed by atoms with Crippen LogP contribution in [0.4, 0.5) is 17.2 Å². The van der Waals surface area contributed by atoms with Gasteiger partial charge >= 0.3 is 0 Å². The van der Waals surface area contributed by atoms with E-state index < -0.39 is 0 Å². The molecule has 0 aliphatic rings. The molecule has 8 heteroatoms. The lowest BCUT2D eigenvalue weighted by Crippen LogP contribution is -2.29. The highest BCUT2D eigenvalue weighted by Crippen LogP contribution is 2.35. The van der Waals surface area contributed by atoms with Gasteiger partial charge in [-0.15, -0.1) is 0 Å². The van der Waals surface area contributed by atoms with Crippen LogP contribution in [-0.2, 0) is 18.3 Å². The Labute approximate surface area is 376 Å². The number of ether oxygens (including phenoxy) is 2. The van der Waals surface area contributed by atoms with Gasteiger partial charge in [0, 0.05) is 65.5 Å². The summed E-state index contributed by atoms with van der Waals surface area (Å²) in [5, 5.41) is 0. The van der Waals surface area contributed by atoms with Gasteiger partial charge in [-0.2, -0.15) is 0 Å². The molecule has 0 bridgehead atoms. The smallest absolute Gasteiger partial charge is 0.136 e. The van der Waals surface area contributed by atoms with E-state index in [4.69, 9.17) is 9.47 Å². The van der Waals surface area contributed by atoms with Gasteiger partial charge < -0.3 is 19.3 Å². The fourth-order valence-corrected chi connectivity index (χ4v) is 7.35. The van der Waals surface area contributed by atoms with Gasteiger partial charge in [-0.3, -0.25) is 0 Å². The van der Waals surface area contributed by atoms with E-state index in [0.717, 1.165) is 71.6 Å². The standard InChI is InChI=1S/C35H34N2O2.C20H30N4/c1-5-26-6-14-31(15-7-26)38-33-18-10-28(11-19-33)35(3,4)29-12-20-34(21-13-29)39-32-16-8-27(9-17-32)23-30-22-25(2)36-24-37-30;1-7-16(4)23(6)18-9-11-19(12-10-18)24(17(5)8-2)20-13-15(3)21-14-22-20/h6-22,24H,5,23H2,1-4H3;9-14,16-17H,7-8H2,1-6H3. The third-order valence-corrected chi connectivity index (χ3v) is 12.0. The average molecular weight is 841 g/mol. The van der Waals surface area contributed by atoms with E-state index >= 15 is 0 Å². The van der Waals surface area contributed by atoms with Crippen LogP contribution < -0.4 is 19.3 Å². The Morgan fingerprint density at radius 3 is 1.43 bits per heavy atom. The second-order valence-corrected chi connectivity index (χ2v) is 16.9. The largest absolute Gasteiger partial charge is 0.457 e. The molecule has 0 fully saturated rings. The fraction of sp³-hybridized carbons (Fsp3) is 0.309. The molecule has 0 aliphatic heterocycles. The number of benzene rings is 5. The van der Waals surface area contributed by atoms with Crippen LogP contribution in [0.25, 0.3) is 0 Å². The van der Waals surface area contributed by atoms with Crippen molar-refractivity contribution in [3.8, 4) is 23.0 Å². The number of nitrogens with zero attached hydrogens (tertiary/aromatic N) is 6. The Kier molecular flexibility index (Phi) is 15.7.